The lowest BCUT2D eigenvalue weighted by Crippen LogP contribution is -2.44. The average molecular weight is 503 g/mol. The van der Waals surface area contributed by atoms with Crippen molar-refractivity contribution in [3.8, 4) is 0 Å². The van der Waals surface area contributed by atoms with Gasteiger partial charge in [-0.15, -0.1) is 35.3 Å². The Labute approximate surface area is 182 Å². The van der Waals surface area contributed by atoms with Gasteiger partial charge in [0.05, 0.1) is 24.8 Å². The molecule has 0 saturated heterocycles. The van der Waals surface area contributed by atoms with Gasteiger partial charge in [0.15, 0.2) is 5.96 Å². The van der Waals surface area contributed by atoms with Crippen LogP contribution in [0.1, 0.15) is 56.1 Å². The summed E-state index contributed by atoms with van der Waals surface area (Å²) in [6.45, 7) is 5.54. The Morgan fingerprint density at radius 2 is 2.15 bits per heavy atom. The standard InChI is InChI=1S/C19H29N5OS.HI/c1-3-20-18(22-14-19(2,25)17-9-6-12-26-17)21-13-15-10-11-24(23-15)16-7-4-5-8-16;/h6,9-12,16,25H,3-5,7-8,13-14H2,1-2H3,(H2,20,21,22);1H. The van der Waals surface area contributed by atoms with E-state index in [1.54, 1.807) is 11.3 Å². The molecule has 0 radical (unpaired) electrons. The summed E-state index contributed by atoms with van der Waals surface area (Å²) in [5, 5.41) is 23.8. The van der Waals surface area contributed by atoms with Gasteiger partial charge in [0, 0.05) is 17.6 Å². The number of aromatic nitrogens is 2. The highest BCUT2D eigenvalue weighted by Crippen LogP contribution is 2.28. The number of halogens is 1. The highest BCUT2D eigenvalue weighted by Gasteiger charge is 2.24. The van der Waals surface area contributed by atoms with E-state index in [4.69, 9.17) is 0 Å². The molecule has 1 unspecified atom stereocenters. The van der Waals surface area contributed by atoms with Crippen molar-refractivity contribution in [2.24, 2.45) is 4.99 Å². The van der Waals surface area contributed by atoms with Gasteiger partial charge in [0.1, 0.15) is 5.60 Å². The van der Waals surface area contributed by atoms with Crippen molar-refractivity contribution in [3.63, 3.8) is 0 Å². The Kier molecular flexibility index (Phi) is 8.56. The van der Waals surface area contributed by atoms with Gasteiger partial charge in [-0.2, -0.15) is 5.10 Å². The van der Waals surface area contributed by atoms with Crippen LogP contribution in [0.5, 0.6) is 0 Å². The SMILES string of the molecule is CCNC(=NCc1ccn(C2CCCC2)n1)NCC(C)(O)c1cccs1.I. The van der Waals surface area contributed by atoms with Gasteiger partial charge >= 0.3 is 0 Å². The maximum atomic E-state index is 10.7. The van der Waals surface area contributed by atoms with Crippen molar-refractivity contribution in [2.75, 3.05) is 13.1 Å². The van der Waals surface area contributed by atoms with Gasteiger partial charge < -0.3 is 15.7 Å². The van der Waals surface area contributed by atoms with Crippen LogP contribution in [0.15, 0.2) is 34.8 Å². The van der Waals surface area contributed by atoms with Crippen LogP contribution < -0.4 is 10.6 Å². The average Bonchev–Trinajstić information content (AvgIpc) is 3.39. The van der Waals surface area contributed by atoms with Crippen molar-refractivity contribution in [1.82, 2.24) is 20.4 Å². The summed E-state index contributed by atoms with van der Waals surface area (Å²) < 4.78 is 2.10. The predicted octanol–water partition coefficient (Wildman–Crippen LogP) is 3.64. The molecule has 3 N–H and O–H groups in total. The fraction of sp³-hybridized carbons (Fsp3) is 0.579. The first kappa shape index (κ1) is 22.2. The van der Waals surface area contributed by atoms with E-state index in [1.165, 1.54) is 25.7 Å². The van der Waals surface area contributed by atoms with E-state index in [0.29, 0.717) is 25.1 Å². The highest BCUT2D eigenvalue weighted by molar-refractivity contribution is 14.0. The maximum Gasteiger partial charge on any atom is 0.191 e. The quantitative estimate of drug-likeness (QED) is 0.307. The molecule has 0 aliphatic heterocycles. The Morgan fingerprint density at radius 3 is 2.81 bits per heavy atom. The number of hydrogen-bond donors (Lipinski definition) is 3. The van der Waals surface area contributed by atoms with Gasteiger partial charge in [-0.05, 0) is 44.2 Å². The summed E-state index contributed by atoms with van der Waals surface area (Å²) in [6.07, 6.45) is 7.13. The zero-order chi connectivity index (χ0) is 18.4. The normalized spacial score (nSPS) is 17.4. The summed E-state index contributed by atoms with van der Waals surface area (Å²) in [6, 6.07) is 6.51. The van der Waals surface area contributed by atoms with Gasteiger partial charge in [0.2, 0.25) is 0 Å². The molecule has 1 fully saturated rings. The third kappa shape index (κ3) is 6.18. The third-order valence-corrected chi connectivity index (χ3v) is 5.88. The molecule has 1 atom stereocenters. The molecule has 27 heavy (non-hydrogen) atoms. The predicted molar refractivity (Wildman–Crippen MR) is 122 cm³/mol. The Balaban J connectivity index is 0.00000261. The molecule has 1 aliphatic rings. The Bertz CT molecular complexity index is 708. The van der Waals surface area contributed by atoms with Crippen molar-refractivity contribution in [3.05, 3.63) is 40.3 Å². The van der Waals surface area contributed by atoms with Crippen LogP contribution in [0.3, 0.4) is 0 Å². The zero-order valence-corrected chi connectivity index (χ0v) is 19.2. The van der Waals surface area contributed by atoms with E-state index in [2.05, 4.69) is 31.6 Å². The van der Waals surface area contributed by atoms with Gasteiger partial charge in [0.25, 0.3) is 0 Å². The van der Waals surface area contributed by atoms with Gasteiger partial charge in [-0.1, -0.05) is 18.9 Å². The monoisotopic (exact) mass is 503 g/mol. The van der Waals surface area contributed by atoms with E-state index < -0.39 is 5.60 Å². The number of nitrogens with one attached hydrogen (secondary N) is 2. The molecule has 8 heteroatoms. The van der Waals surface area contributed by atoms with Crippen LogP contribution in [0, 0.1) is 0 Å². The second-order valence-corrected chi connectivity index (χ2v) is 7.97. The molecule has 1 saturated carbocycles. The molecular weight excluding hydrogens is 473 g/mol. The van der Waals surface area contributed by atoms with Crippen molar-refractivity contribution < 1.29 is 5.11 Å². The Morgan fingerprint density at radius 1 is 1.37 bits per heavy atom. The first-order valence-corrected chi connectivity index (χ1v) is 10.3. The lowest BCUT2D eigenvalue weighted by molar-refractivity contribution is 0.0655. The summed E-state index contributed by atoms with van der Waals surface area (Å²) in [5.74, 6) is 0.694. The smallest absolute Gasteiger partial charge is 0.191 e. The lowest BCUT2D eigenvalue weighted by Gasteiger charge is -2.23. The summed E-state index contributed by atoms with van der Waals surface area (Å²) in [7, 11) is 0. The van der Waals surface area contributed by atoms with Crippen molar-refractivity contribution >= 4 is 41.3 Å². The van der Waals surface area contributed by atoms with E-state index >= 15 is 0 Å². The fourth-order valence-corrected chi connectivity index (χ4v) is 4.05. The summed E-state index contributed by atoms with van der Waals surface area (Å²) in [4.78, 5) is 5.56. The zero-order valence-electron chi connectivity index (χ0n) is 16.0. The minimum Gasteiger partial charge on any atom is -0.383 e. The molecule has 2 aromatic rings. The van der Waals surface area contributed by atoms with Crippen LogP contribution in [0.4, 0.5) is 0 Å². The maximum absolute atomic E-state index is 10.7. The molecular formula is C19H30IN5OS. The number of thiophene rings is 1. The van der Waals surface area contributed by atoms with Crippen LogP contribution in [-0.4, -0.2) is 33.9 Å². The molecule has 3 rings (SSSR count). The van der Waals surface area contributed by atoms with Gasteiger partial charge in [-0.25, -0.2) is 4.99 Å². The number of aliphatic hydroxyl groups is 1. The Hall–Kier alpha value is -1.13. The molecule has 2 aromatic heterocycles. The number of nitrogens with zero attached hydrogens (tertiary/aromatic N) is 3. The fourth-order valence-electron chi connectivity index (χ4n) is 3.26. The second-order valence-electron chi connectivity index (χ2n) is 7.03. The largest absolute Gasteiger partial charge is 0.383 e. The molecule has 0 spiro atoms. The van der Waals surface area contributed by atoms with E-state index in [9.17, 15) is 5.11 Å². The van der Waals surface area contributed by atoms with Crippen LogP contribution in [-0.2, 0) is 12.1 Å². The number of aliphatic imine (C=N–C) groups is 1. The second kappa shape index (κ2) is 10.4. The number of guanidine groups is 1. The molecule has 0 aromatic carbocycles. The third-order valence-electron chi connectivity index (χ3n) is 4.76. The molecule has 1 aliphatic carbocycles. The molecule has 6 nitrogen and oxygen atoms in total. The number of hydrogen-bond acceptors (Lipinski definition) is 4. The van der Waals surface area contributed by atoms with Crippen molar-refractivity contribution in [2.45, 2.75) is 57.7 Å². The van der Waals surface area contributed by atoms with Gasteiger partial charge in [-0.3, -0.25) is 4.68 Å². The van der Waals surface area contributed by atoms with Crippen LogP contribution in [0.2, 0.25) is 0 Å². The van der Waals surface area contributed by atoms with Crippen LogP contribution in [0.25, 0.3) is 0 Å². The number of rotatable bonds is 7. The minimum absolute atomic E-state index is 0. The van der Waals surface area contributed by atoms with E-state index in [0.717, 1.165) is 17.1 Å². The first-order valence-electron chi connectivity index (χ1n) is 9.41. The first-order chi connectivity index (χ1) is 12.6. The van der Waals surface area contributed by atoms with Crippen molar-refractivity contribution in [1.29, 1.82) is 0 Å². The molecule has 0 bridgehead atoms. The molecule has 0 amide bonds. The lowest BCUT2D eigenvalue weighted by atomic mass is 10.1. The van der Waals surface area contributed by atoms with Crippen LogP contribution >= 0.6 is 35.3 Å². The minimum atomic E-state index is -0.922. The topological polar surface area (TPSA) is 74.5 Å². The molecule has 150 valence electrons. The summed E-state index contributed by atoms with van der Waals surface area (Å²) >= 11 is 1.56. The van der Waals surface area contributed by atoms with E-state index in [1.807, 2.05) is 37.4 Å². The highest BCUT2D eigenvalue weighted by atomic mass is 127. The molecule has 2 heterocycles. The van der Waals surface area contributed by atoms with E-state index in [-0.39, 0.29) is 24.0 Å². The summed E-state index contributed by atoms with van der Waals surface area (Å²) in [5.41, 5.74) is 0.0492.